The van der Waals surface area contributed by atoms with E-state index in [0.29, 0.717) is 5.41 Å². The third-order valence-corrected chi connectivity index (χ3v) is 5.80. The Labute approximate surface area is 115 Å². The van der Waals surface area contributed by atoms with E-state index in [-0.39, 0.29) is 0 Å². The summed E-state index contributed by atoms with van der Waals surface area (Å²) < 4.78 is 0. The smallest absolute Gasteiger partial charge is 0.113 e. The van der Waals surface area contributed by atoms with Crippen molar-refractivity contribution < 1.29 is 0 Å². The highest BCUT2D eigenvalue weighted by atomic mass is 15.0. The van der Waals surface area contributed by atoms with E-state index in [2.05, 4.69) is 17.8 Å². The van der Waals surface area contributed by atoms with Crippen LogP contribution in [0.5, 0.6) is 0 Å². The van der Waals surface area contributed by atoms with E-state index in [9.17, 15) is 0 Å². The van der Waals surface area contributed by atoms with Crippen molar-refractivity contribution in [3.63, 3.8) is 0 Å². The Hall–Kier alpha value is -1.23. The molecule has 0 unspecified atom stereocenters. The van der Waals surface area contributed by atoms with Gasteiger partial charge in [0.2, 0.25) is 0 Å². The maximum Gasteiger partial charge on any atom is 0.113 e. The van der Waals surface area contributed by atoms with E-state index in [1.807, 2.05) is 0 Å². The Bertz CT molecular complexity index is 511. The van der Waals surface area contributed by atoms with Crippen LogP contribution in [0.3, 0.4) is 0 Å². The molecule has 4 aliphatic carbocycles. The number of nitrogens with one attached hydrogen (secondary N) is 1. The number of H-pyrrole nitrogens is 1. The molecule has 0 atom stereocenters. The molecule has 100 valence electrons. The predicted molar refractivity (Wildman–Crippen MR) is 75.8 cm³/mol. The van der Waals surface area contributed by atoms with Crippen LogP contribution in [0.25, 0.3) is 0 Å². The van der Waals surface area contributed by atoms with E-state index in [1.165, 1.54) is 44.3 Å². The standard InChI is InChI=1S/C17H22N2/c1-3-14-15(4-2)19-16(18-14)17-8-11-5-12(9-17)7-13(6-11)10-17/h1,11-13H,4-10H2,2H3,(H,18,19). The molecule has 0 amide bonds. The van der Waals surface area contributed by atoms with Crippen molar-refractivity contribution in [3.05, 3.63) is 17.2 Å². The number of hydrogen-bond acceptors (Lipinski definition) is 1. The number of aromatic amines is 1. The van der Waals surface area contributed by atoms with Crippen LogP contribution < -0.4 is 0 Å². The second-order valence-corrected chi connectivity index (χ2v) is 7.10. The summed E-state index contributed by atoms with van der Waals surface area (Å²) in [5.41, 5.74) is 2.36. The second-order valence-electron chi connectivity index (χ2n) is 7.10. The summed E-state index contributed by atoms with van der Waals surface area (Å²) in [4.78, 5) is 8.38. The average Bonchev–Trinajstić information content (AvgIpc) is 2.81. The van der Waals surface area contributed by atoms with Crippen molar-refractivity contribution in [3.8, 4) is 12.3 Å². The number of imidazole rings is 1. The van der Waals surface area contributed by atoms with Gasteiger partial charge in [0.25, 0.3) is 0 Å². The van der Waals surface area contributed by atoms with Gasteiger partial charge in [-0.05, 0) is 62.7 Å². The summed E-state index contributed by atoms with van der Waals surface area (Å²) in [6.45, 7) is 2.14. The van der Waals surface area contributed by atoms with Crippen LogP contribution in [0.2, 0.25) is 0 Å². The molecule has 0 aliphatic heterocycles. The molecule has 0 radical (unpaired) electrons. The van der Waals surface area contributed by atoms with Gasteiger partial charge in [0.15, 0.2) is 0 Å². The molecule has 1 aromatic heterocycles. The van der Waals surface area contributed by atoms with Gasteiger partial charge in [-0.2, -0.15) is 0 Å². The van der Waals surface area contributed by atoms with Crippen LogP contribution in [-0.4, -0.2) is 9.97 Å². The first kappa shape index (κ1) is 11.6. The highest BCUT2D eigenvalue weighted by Gasteiger charge is 2.53. The maximum absolute atomic E-state index is 5.61. The van der Waals surface area contributed by atoms with Crippen LogP contribution in [0.4, 0.5) is 0 Å². The van der Waals surface area contributed by atoms with E-state index >= 15 is 0 Å². The minimum Gasteiger partial charge on any atom is -0.335 e. The molecule has 0 spiro atoms. The quantitative estimate of drug-likeness (QED) is 0.805. The zero-order valence-electron chi connectivity index (χ0n) is 11.7. The summed E-state index contributed by atoms with van der Waals surface area (Å²) >= 11 is 0. The van der Waals surface area contributed by atoms with Crippen LogP contribution in [0.15, 0.2) is 0 Å². The normalized spacial score (nSPS) is 39.5. The molecule has 1 N–H and O–H groups in total. The Morgan fingerprint density at radius 1 is 1.21 bits per heavy atom. The molecular formula is C17H22N2. The highest BCUT2D eigenvalue weighted by Crippen LogP contribution is 2.60. The lowest BCUT2D eigenvalue weighted by atomic mass is 9.49. The number of rotatable bonds is 2. The fourth-order valence-electron chi connectivity index (χ4n) is 5.44. The maximum atomic E-state index is 5.61. The summed E-state index contributed by atoms with van der Waals surface area (Å²) in [6, 6.07) is 0. The number of aryl methyl sites for hydroxylation is 1. The summed E-state index contributed by atoms with van der Waals surface area (Å²) in [5.74, 6) is 6.86. The molecule has 4 saturated carbocycles. The molecule has 2 nitrogen and oxygen atoms in total. The molecule has 4 aliphatic rings. The first-order chi connectivity index (χ1) is 9.22. The van der Waals surface area contributed by atoms with Crippen molar-refractivity contribution in [1.29, 1.82) is 0 Å². The average molecular weight is 254 g/mol. The Balaban J connectivity index is 1.75. The molecular weight excluding hydrogens is 232 g/mol. The van der Waals surface area contributed by atoms with Crippen LogP contribution >= 0.6 is 0 Å². The van der Waals surface area contributed by atoms with Gasteiger partial charge in [0.05, 0.1) is 5.69 Å². The molecule has 1 heterocycles. The topological polar surface area (TPSA) is 28.7 Å². The van der Waals surface area contributed by atoms with Gasteiger partial charge in [0.1, 0.15) is 11.5 Å². The first-order valence-electron chi connectivity index (χ1n) is 7.78. The summed E-state index contributed by atoms with van der Waals surface area (Å²) in [7, 11) is 0. The van der Waals surface area contributed by atoms with Crippen molar-refractivity contribution in [2.75, 3.05) is 0 Å². The summed E-state index contributed by atoms with van der Waals surface area (Å²) in [5, 5.41) is 0. The van der Waals surface area contributed by atoms with E-state index in [4.69, 9.17) is 11.4 Å². The van der Waals surface area contributed by atoms with E-state index in [0.717, 1.165) is 35.6 Å². The zero-order chi connectivity index (χ0) is 13.0. The van der Waals surface area contributed by atoms with Crippen molar-refractivity contribution in [2.24, 2.45) is 17.8 Å². The minimum atomic E-state index is 0.341. The van der Waals surface area contributed by atoms with Crippen molar-refractivity contribution in [1.82, 2.24) is 9.97 Å². The lowest BCUT2D eigenvalue weighted by Crippen LogP contribution is -2.49. The first-order valence-corrected chi connectivity index (χ1v) is 7.78. The third-order valence-electron chi connectivity index (χ3n) is 5.80. The van der Waals surface area contributed by atoms with Gasteiger partial charge in [0, 0.05) is 5.41 Å². The highest BCUT2D eigenvalue weighted by molar-refractivity contribution is 5.33. The molecule has 2 heteroatoms. The number of hydrogen-bond donors (Lipinski definition) is 1. The number of aromatic nitrogens is 2. The van der Waals surface area contributed by atoms with Crippen LogP contribution in [0.1, 0.15) is 62.7 Å². The van der Waals surface area contributed by atoms with E-state index in [1.54, 1.807) is 0 Å². The summed E-state index contributed by atoms with van der Waals surface area (Å²) in [6.07, 6.45) is 15.0. The second kappa shape index (κ2) is 3.88. The van der Waals surface area contributed by atoms with Gasteiger partial charge in [-0.3, -0.25) is 0 Å². The lowest BCUT2D eigenvalue weighted by Gasteiger charge is -2.55. The van der Waals surface area contributed by atoms with Gasteiger partial charge >= 0.3 is 0 Å². The monoisotopic (exact) mass is 254 g/mol. The van der Waals surface area contributed by atoms with Gasteiger partial charge < -0.3 is 4.98 Å². The van der Waals surface area contributed by atoms with Gasteiger partial charge in [-0.15, -0.1) is 6.42 Å². The van der Waals surface area contributed by atoms with Crippen molar-refractivity contribution in [2.45, 2.75) is 57.3 Å². The predicted octanol–water partition coefficient (Wildman–Crippen LogP) is 3.42. The lowest BCUT2D eigenvalue weighted by molar-refractivity contribution is -0.00906. The van der Waals surface area contributed by atoms with Gasteiger partial charge in [-0.25, -0.2) is 4.98 Å². The Morgan fingerprint density at radius 3 is 2.21 bits per heavy atom. The molecule has 1 aromatic rings. The van der Waals surface area contributed by atoms with Crippen molar-refractivity contribution >= 4 is 0 Å². The molecule has 0 saturated heterocycles. The molecule has 19 heavy (non-hydrogen) atoms. The largest absolute Gasteiger partial charge is 0.335 e. The fourth-order valence-corrected chi connectivity index (χ4v) is 5.44. The number of terminal acetylenes is 1. The minimum absolute atomic E-state index is 0.341. The Morgan fingerprint density at radius 2 is 1.79 bits per heavy atom. The molecule has 4 bridgehead atoms. The van der Waals surface area contributed by atoms with E-state index < -0.39 is 0 Å². The fraction of sp³-hybridized carbons (Fsp3) is 0.706. The van der Waals surface area contributed by atoms with Crippen LogP contribution in [-0.2, 0) is 11.8 Å². The third kappa shape index (κ3) is 1.60. The molecule has 0 aromatic carbocycles. The SMILES string of the molecule is C#Cc1[nH]c(C23CC4CC(CC(C4)C2)C3)nc1CC. The van der Waals surface area contributed by atoms with Crippen LogP contribution in [0, 0.1) is 30.1 Å². The number of nitrogens with zero attached hydrogens (tertiary/aromatic N) is 1. The Kier molecular flexibility index (Phi) is 2.37. The van der Waals surface area contributed by atoms with Gasteiger partial charge in [-0.1, -0.05) is 12.8 Å². The molecule has 5 rings (SSSR count). The zero-order valence-corrected chi connectivity index (χ0v) is 11.7. The molecule has 4 fully saturated rings.